The highest BCUT2D eigenvalue weighted by molar-refractivity contribution is 8.15. The van der Waals surface area contributed by atoms with Gasteiger partial charge in [-0.15, -0.1) is 0 Å². The van der Waals surface area contributed by atoms with Gasteiger partial charge in [0.1, 0.15) is 0 Å². The standard InChI is InChI=1S/C12H13NO3S2/c14-12-13(6-9-4-2-1-3-5-9)10-7-18(15,16)8-11(10)17-12/h1-5,10-11H,6-8H2/t10-,11-/m0/s1. The third kappa shape index (κ3) is 2.14. The molecular formula is C12H13NO3S2. The number of amides is 1. The summed E-state index contributed by atoms with van der Waals surface area (Å²) in [5.74, 6) is 0.253. The van der Waals surface area contributed by atoms with Gasteiger partial charge >= 0.3 is 0 Å². The first-order valence-corrected chi connectivity index (χ1v) is 8.47. The van der Waals surface area contributed by atoms with E-state index in [4.69, 9.17) is 0 Å². The number of sulfone groups is 1. The number of nitrogens with zero attached hydrogens (tertiary/aromatic N) is 1. The molecule has 96 valence electrons. The minimum absolute atomic E-state index is 0.00348. The maximum absolute atomic E-state index is 11.9. The molecule has 2 aliphatic rings. The zero-order chi connectivity index (χ0) is 12.8. The second kappa shape index (κ2) is 4.28. The molecule has 4 nitrogen and oxygen atoms in total. The number of carbonyl (C=O) groups excluding carboxylic acids is 1. The van der Waals surface area contributed by atoms with Crippen LogP contribution in [-0.2, 0) is 16.4 Å². The van der Waals surface area contributed by atoms with Gasteiger partial charge in [-0.25, -0.2) is 8.42 Å². The van der Waals surface area contributed by atoms with Crippen molar-refractivity contribution in [3.63, 3.8) is 0 Å². The van der Waals surface area contributed by atoms with Crippen LogP contribution in [0.4, 0.5) is 4.79 Å². The molecule has 2 heterocycles. The molecular weight excluding hydrogens is 270 g/mol. The molecule has 2 fully saturated rings. The molecule has 1 aromatic rings. The molecule has 1 aromatic carbocycles. The van der Waals surface area contributed by atoms with E-state index < -0.39 is 9.84 Å². The lowest BCUT2D eigenvalue weighted by Gasteiger charge is -2.22. The summed E-state index contributed by atoms with van der Waals surface area (Å²) in [6.07, 6.45) is 0. The Hall–Kier alpha value is -1.01. The van der Waals surface area contributed by atoms with Crippen LogP contribution in [0.5, 0.6) is 0 Å². The molecule has 18 heavy (non-hydrogen) atoms. The highest BCUT2D eigenvalue weighted by Crippen LogP contribution is 2.38. The maximum Gasteiger partial charge on any atom is 0.282 e. The molecule has 0 bridgehead atoms. The van der Waals surface area contributed by atoms with E-state index in [2.05, 4.69) is 0 Å². The van der Waals surface area contributed by atoms with Crippen molar-refractivity contribution in [2.45, 2.75) is 17.8 Å². The first-order valence-electron chi connectivity index (χ1n) is 5.77. The molecule has 3 rings (SSSR count). The Balaban J connectivity index is 1.82. The quantitative estimate of drug-likeness (QED) is 0.826. The van der Waals surface area contributed by atoms with Crippen molar-refractivity contribution in [3.05, 3.63) is 35.9 Å². The van der Waals surface area contributed by atoms with Gasteiger partial charge in [0.05, 0.1) is 17.5 Å². The maximum atomic E-state index is 11.9. The van der Waals surface area contributed by atoms with Gasteiger partial charge in [-0.3, -0.25) is 4.79 Å². The molecule has 6 heteroatoms. The van der Waals surface area contributed by atoms with Crippen LogP contribution in [0.2, 0.25) is 0 Å². The van der Waals surface area contributed by atoms with Crippen molar-refractivity contribution in [1.29, 1.82) is 0 Å². The highest BCUT2D eigenvalue weighted by atomic mass is 32.2. The van der Waals surface area contributed by atoms with Crippen LogP contribution < -0.4 is 0 Å². The number of hydrogen-bond acceptors (Lipinski definition) is 4. The summed E-state index contributed by atoms with van der Waals surface area (Å²) >= 11 is 1.17. The molecule has 2 saturated heterocycles. The van der Waals surface area contributed by atoms with Crippen LogP contribution in [-0.4, -0.2) is 41.4 Å². The smallest absolute Gasteiger partial charge is 0.282 e. The molecule has 2 aliphatic heterocycles. The van der Waals surface area contributed by atoms with Gasteiger partial charge < -0.3 is 4.90 Å². The highest BCUT2D eigenvalue weighted by Gasteiger charge is 2.49. The minimum Gasteiger partial charge on any atom is -0.324 e. The molecule has 0 N–H and O–H groups in total. The number of rotatable bonds is 2. The van der Waals surface area contributed by atoms with Crippen molar-refractivity contribution >= 4 is 26.8 Å². The first-order chi connectivity index (χ1) is 8.55. The Morgan fingerprint density at radius 2 is 1.94 bits per heavy atom. The summed E-state index contributed by atoms with van der Waals surface area (Å²) < 4.78 is 23.2. The Kier molecular flexibility index (Phi) is 2.86. The molecule has 0 saturated carbocycles. The van der Waals surface area contributed by atoms with Crippen LogP contribution >= 0.6 is 11.8 Å². The lowest BCUT2D eigenvalue weighted by Crippen LogP contribution is -2.36. The van der Waals surface area contributed by atoms with Crippen molar-refractivity contribution < 1.29 is 13.2 Å². The Bertz CT molecular complexity index is 570. The van der Waals surface area contributed by atoms with Gasteiger partial charge in [-0.1, -0.05) is 42.1 Å². The minimum atomic E-state index is -2.97. The van der Waals surface area contributed by atoms with E-state index in [9.17, 15) is 13.2 Å². The van der Waals surface area contributed by atoms with Crippen molar-refractivity contribution in [3.8, 4) is 0 Å². The monoisotopic (exact) mass is 283 g/mol. The number of fused-ring (bicyclic) bond motifs is 1. The fourth-order valence-corrected chi connectivity index (χ4v) is 6.30. The Labute approximate surface area is 110 Å². The van der Waals surface area contributed by atoms with E-state index >= 15 is 0 Å². The molecule has 0 spiro atoms. The molecule has 0 aliphatic carbocycles. The molecule has 2 atom stereocenters. The molecule has 1 amide bonds. The largest absolute Gasteiger partial charge is 0.324 e. The van der Waals surface area contributed by atoms with Gasteiger partial charge in [0.2, 0.25) is 0 Å². The summed E-state index contributed by atoms with van der Waals surface area (Å²) in [6.45, 7) is 0.503. The summed E-state index contributed by atoms with van der Waals surface area (Å²) in [5.41, 5.74) is 1.04. The van der Waals surface area contributed by atoms with Crippen LogP contribution in [0.15, 0.2) is 30.3 Å². The summed E-state index contributed by atoms with van der Waals surface area (Å²) in [5, 5.41) is -0.0741. The summed E-state index contributed by atoms with van der Waals surface area (Å²) in [6, 6.07) is 9.53. The number of thioether (sulfide) groups is 1. The van der Waals surface area contributed by atoms with E-state index in [1.807, 2.05) is 30.3 Å². The van der Waals surface area contributed by atoms with Crippen LogP contribution in [0, 0.1) is 0 Å². The lowest BCUT2D eigenvalue weighted by molar-refractivity contribution is 0.210. The summed E-state index contributed by atoms with van der Waals surface area (Å²) in [4.78, 5) is 13.6. The molecule has 0 radical (unpaired) electrons. The zero-order valence-corrected chi connectivity index (χ0v) is 11.3. The fraction of sp³-hybridized carbons (Fsp3) is 0.417. The van der Waals surface area contributed by atoms with E-state index in [0.29, 0.717) is 6.54 Å². The number of hydrogen-bond donors (Lipinski definition) is 0. The lowest BCUT2D eigenvalue weighted by atomic mass is 10.1. The van der Waals surface area contributed by atoms with E-state index in [1.165, 1.54) is 11.8 Å². The van der Waals surface area contributed by atoms with E-state index in [1.54, 1.807) is 4.90 Å². The third-order valence-corrected chi connectivity index (χ3v) is 6.50. The van der Waals surface area contributed by atoms with Gasteiger partial charge in [0.25, 0.3) is 5.24 Å². The second-order valence-electron chi connectivity index (χ2n) is 4.68. The number of carbonyl (C=O) groups is 1. The van der Waals surface area contributed by atoms with Crippen LogP contribution in [0.1, 0.15) is 5.56 Å². The average Bonchev–Trinajstić information content (AvgIpc) is 2.74. The average molecular weight is 283 g/mol. The summed E-state index contributed by atoms with van der Waals surface area (Å²) in [7, 11) is -2.97. The fourth-order valence-electron chi connectivity index (χ4n) is 2.49. The number of benzene rings is 1. The first kappa shape index (κ1) is 12.0. The van der Waals surface area contributed by atoms with Crippen LogP contribution in [0.25, 0.3) is 0 Å². The van der Waals surface area contributed by atoms with E-state index in [-0.39, 0.29) is 28.0 Å². The van der Waals surface area contributed by atoms with Crippen molar-refractivity contribution in [2.75, 3.05) is 11.5 Å². The van der Waals surface area contributed by atoms with Gasteiger partial charge in [0.15, 0.2) is 9.84 Å². The van der Waals surface area contributed by atoms with Gasteiger partial charge in [-0.05, 0) is 5.56 Å². The normalized spacial score (nSPS) is 29.6. The van der Waals surface area contributed by atoms with Gasteiger partial charge in [-0.2, -0.15) is 0 Å². The third-order valence-electron chi connectivity index (χ3n) is 3.35. The molecule has 0 aromatic heterocycles. The Morgan fingerprint density at radius 1 is 1.22 bits per heavy atom. The topological polar surface area (TPSA) is 54.5 Å². The van der Waals surface area contributed by atoms with Crippen molar-refractivity contribution in [1.82, 2.24) is 4.90 Å². The predicted octanol–water partition coefficient (Wildman–Crippen LogP) is 1.52. The van der Waals surface area contributed by atoms with Crippen LogP contribution in [0.3, 0.4) is 0 Å². The van der Waals surface area contributed by atoms with Gasteiger partial charge in [0, 0.05) is 11.8 Å². The SMILES string of the molecule is O=C1S[C@H]2CS(=O)(=O)C[C@@H]2N1Cc1ccccc1. The van der Waals surface area contributed by atoms with Crippen molar-refractivity contribution in [2.24, 2.45) is 0 Å². The second-order valence-corrected chi connectivity index (χ2v) is 8.02. The Morgan fingerprint density at radius 3 is 2.67 bits per heavy atom. The zero-order valence-electron chi connectivity index (χ0n) is 9.65. The predicted molar refractivity (Wildman–Crippen MR) is 71.2 cm³/mol. The van der Waals surface area contributed by atoms with E-state index in [0.717, 1.165) is 5.56 Å². The molecule has 0 unspecified atom stereocenters.